The van der Waals surface area contributed by atoms with E-state index in [0.717, 1.165) is 11.9 Å². The lowest BCUT2D eigenvalue weighted by molar-refractivity contribution is -0.133. The Morgan fingerprint density at radius 1 is 1.35 bits per heavy atom. The van der Waals surface area contributed by atoms with Crippen LogP contribution in [-0.4, -0.2) is 40.1 Å². The summed E-state index contributed by atoms with van der Waals surface area (Å²) in [5.74, 6) is 0.0966. The number of aromatic amines is 1. The fraction of sp³-hybridized carbons (Fsp3) is 0.438. The summed E-state index contributed by atoms with van der Waals surface area (Å²) in [5.41, 5.74) is 2.27. The summed E-state index contributed by atoms with van der Waals surface area (Å²) in [6.45, 7) is 4.36. The van der Waals surface area contributed by atoms with Crippen LogP contribution >= 0.6 is 0 Å². The monoisotopic (exact) mass is 274 g/mol. The van der Waals surface area contributed by atoms with Crippen LogP contribution in [0.3, 0.4) is 0 Å². The van der Waals surface area contributed by atoms with Gasteiger partial charge in [0, 0.05) is 36.1 Å². The molecule has 1 amide bonds. The molecule has 0 fully saturated rings. The number of H-pyrrole nitrogens is 1. The van der Waals surface area contributed by atoms with Crippen molar-refractivity contribution in [2.75, 3.05) is 13.2 Å². The van der Waals surface area contributed by atoms with Crippen LogP contribution in [0.2, 0.25) is 0 Å². The fourth-order valence-corrected chi connectivity index (χ4v) is 2.50. The molecule has 0 aliphatic carbocycles. The molecule has 2 aromatic rings. The Kier molecular flexibility index (Phi) is 4.79. The first-order valence-corrected chi connectivity index (χ1v) is 7.08. The molecule has 0 atom stereocenters. The number of nitrogens with zero attached hydrogens (tertiary/aromatic N) is 1. The molecule has 0 saturated heterocycles. The van der Waals surface area contributed by atoms with Crippen molar-refractivity contribution in [1.82, 2.24) is 9.88 Å². The molecule has 4 nitrogen and oxygen atoms in total. The van der Waals surface area contributed by atoms with Gasteiger partial charge in [0.15, 0.2) is 0 Å². The highest BCUT2D eigenvalue weighted by molar-refractivity contribution is 5.84. The summed E-state index contributed by atoms with van der Waals surface area (Å²) >= 11 is 0. The van der Waals surface area contributed by atoms with Crippen molar-refractivity contribution in [1.29, 1.82) is 0 Å². The average molecular weight is 274 g/mol. The van der Waals surface area contributed by atoms with E-state index in [9.17, 15) is 4.79 Å². The van der Waals surface area contributed by atoms with Crippen molar-refractivity contribution in [3.8, 4) is 0 Å². The van der Waals surface area contributed by atoms with Crippen LogP contribution < -0.4 is 0 Å². The van der Waals surface area contributed by atoms with Gasteiger partial charge in [-0.25, -0.2) is 0 Å². The van der Waals surface area contributed by atoms with E-state index in [1.54, 1.807) is 4.90 Å². The summed E-state index contributed by atoms with van der Waals surface area (Å²) < 4.78 is 0. The number of nitrogens with one attached hydrogen (secondary N) is 1. The predicted molar refractivity (Wildman–Crippen MR) is 80.6 cm³/mol. The molecule has 1 aromatic carbocycles. The van der Waals surface area contributed by atoms with Gasteiger partial charge < -0.3 is 15.0 Å². The highest BCUT2D eigenvalue weighted by Gasteiger charge is 2.16. The lowest BCUT2D eigenvalue weighted by atomic mass is 10.1. The van der Waals surface area contributed by atoms with Gasteiger partial charge in [0.05, 0.1) is 6.61 Å². The van der Waals surface area contributed by atoms with E-state index >= 15 is 0 Å². The minimum Gasteiger partial charge on any atom is -0.395 e. The van der Waals surface area contributed by atoms with Gasteiger partial charge in [0.2, 0.25) is 5.91 Å². The van der Waals surface area contributed by atoms with Crippen LogP contribution in [0.1, 0.15) is 25.8 Å². The van der Waals surface area contributed by atoms with Crippen molar-refractivity contribution >= 4 is 16.8 Å². The zero-order valence-corrected chi connectivity index (χ0v) is 12.1. The number of rotatable bonds is 6. The Balaban J connectivity index is 2.02. The summed E-state index contributed by atoms with van der Waals surface area (Å²) in [7, 11) is 0. The minimum absolute atomic E-state index is 0.0109. The zero-order chi connectivity index (χ0) is 14.5. The van der Waals surface area contributed by atoms with Crippen molar-refractivity contribution in [3.63, 3.8) is 0 Å². The van der Waals surface area contributed by atoms with Crippen molar-refractivity contribution < 1.29 is 9.90 Å². The molecule has 2 N–H and O–H groups in total. The highest BCUT2D eigenvalue weighted by atomic mass is 16.3. The number of para-hydroxylation sites is 1. The minimum atomic E-state index is 0.0109. The second kappa shape index (κ2) is 6.57. The molecule has 1 heterocycles. The van der Waals surface area contributed by atoms with E-state index in [1.807, 2.05) is 38.2 Å². The number of amides is 1. The first-order chi connectivity index (χ1) is 9.63. The molecule has 0 radical (unpaired) electrons. The maximum absolute atomic E-state index is 12.2. The predicted octanol–water partition coefficient (Wildman–Crippen LogP) is 2.33. The summed E-state index contributed by atoms with van der Waals surface area (Å²) in [6.07, 6.45) is 3.17. The number of benzene rings is 1. The lowest BCUT2D eigenvalue weighted by Gasteiger charge is -2.25. The van der Waals surface area contributed by atoms with Crippen LogP contribution in [-0.2, 0) is 11.2 Å². The van der Waals surface area contributed by atoms with Crippen molar-refractivity contribution in [3.05, 3.63) is 36.0 Å². The molecular weight excluding hydrogens is 252 g/mol. The number of carbonyl (C=O) groups excluding carboxylic acids is 1. The van der Waals surface area contributed by atoms with Crippen molar-refractivity contribution in [2.24, 2.45) is 0 Å². The molecular formula is C16H22N2O2. The van der Waals surface area contributed by atoms with Crippen LogP contribution in [0, 0.1) is 0 Å². The normalized spacial score (nSPS) is 11.2. The van der Waals surface area contributed by atoms with Gasteiger partial charge >= 0.3 is 0 Å². The van der Waals surface area contributed by atoms with Crippen LogP contribution in [0.15, 0.2) is 30.5 Å². The summed E-state index contributed by atoms with van der Waals surface area (Å²) in [4.78, 5) is 17.2. The number of aliphatic hydroxyl groups excluding tert-OH is 1. The molecule has 0 unspecified atom stereocenters. The molecule has 2 rings (SSSR count). The van der Waals surface area contributed by atoms with Crippen LogP contribution in [0.5, 0.6) is 0 Å². The van der Waals surface area contributed by atoms with Gasteiger partial charge in [-0.3, -0.25) is 4.79 Å². The largest absolute Gasteiger partial charge is 0.395 e. The lowest BCUT2D eigenvalue weighted by Crippen LogP contribution is -2.39. The van der Waals surface area contributed by atoms with Gasteiger partial charge in [-0.15, -0.1) is 0 Å². The van der Waals surface area contributed by atoms with Gasteiger partial charge in [0.1, 0.15) is 0 Å². The molecule has 108 valence electrons. The number of aliphatic hydroxyl groups is 1. The van der Waals surface area contributed by atoms with Gasteiger partial charge in [-0.2, -0.15) is 0 Å². The zero-order valence-electron chi connectivity index (χ0n) is 12.1. The number of hydrogen-bond donors (Lipinski definition) is 2. The molecule has 0 saturated carbocycles. The third-order valence-corrected chi connectivity index (χ3v) is 3.57. The summed E-state index contributed by atoms with van der Waals surface area (Å²) in [5, 5.41) is 10.2. The first-order valence-electron chi connectivity index (χ1n) is 7.08. The summed E-state index contributed by atoms with van der Waals surface area (Å²) in [6, 6.07) is 8.23. The van der Waals surface area contributed by atoms with Gasteiger partial charge in [0.25, 0.3) is 0 Å². The van der Waals surface area contributed by atoms with Crippen LogP contribution in [0.25, 0.3) is 10.9 Å². The molecule has 1 aromatic heterocycles. The van der Waals surface area contributed by atoms with Gasteiger partial charge in [-0.05, 0) is 31.9 Å². The topological polar surface area (TPSA) is 56.3 Å². The average Bonchev–Trinajstić information content (AvgIpc) is 2.85. The standard InChI is InChI=1S/C16H22N2O2/c1-12(2)18(9-10-19)16(20)8-7-13-11-17-15-6-4-3-5-14(13)15/h3-6,11-12,17,19H,7-10H2,1-2H3. The van der Waals surface area contributed by atoms with Gasteiger partial charge in [-0.1, -0.05) is 18.2 Å². The molecule has 0 spiro atoms. The van der Waals surface area contributed by atoms with E-state index in [4.69, 9.17) is 5.11 Å². The second-order valence-electron chi connectivity index (χ2n) is 5.26. The van der Waals surface area contributed by atoms with E-state index in [0.29, 0.717) is 13.0 Å². The maximum atomic E-state index is 12.2. The quantitative estimate of drug-likeness (QED) is 0.849. The Bertz CT molecular complexity index is 575. The maximum Gasteiger partial charge on any atom is 0.223 e. The van der Waals surface area contributed by atoms with E-state index in [-0.39, 0.29) is 18.6 Å². The fourth-order valence-electron chi connectivity index (χ4n) is 2.50. The Morgan fingerprint density at radius 3 is 2.80 bits per heavy atom. The number of hydrogen-bond acceptors (Lipinski definition) is 2. The molecule has 20 heavy (non-hydrogen) atoms. The van der Waals surface area contributed by atoms with E-state index in [1.165, 1.54) is 10.9 Å². The Labute approximate surface area is 119 Å². The number of carbonyl (C=O) groups is 1. The molecule has 0 aliphatic rings. The number of aryl methyl sites for hydroxylation is 1. The smallest absolute Gasteiger partial charge is 0.223 e. The molecule has 0 bridgehead atoms. The SMILES string of the molecule is CC(C)N(CCO)C(=O)CCc1c[nH]c2ccccc12. The first kappa shape index (κ1) is 14.6. The Morgan fingerprint density at radius 2 is 2.10 bits per heavy atom. The highest BCUT2D eigenvalue weighted by Crippen LogP contribution is 2.19. The van der Waals surface area contributed by atoms with Crippen molar-refractivity contribution in [2.45, 2.75) is 32.7 Å². The van der Waals surface area contributed by atoms with E-state index in [2.05, 4.69) is 11.1 Å². The third kappa shape index (κ3) is 3.20. The van der Waals surface area contributed by atoms with E-state index < -0.39 is 0 Å². The Hall–Kier alpha value is -1.81. The molecule has 0 aliphatic heterocycles. The second-order valence-corrected chi connectivity index (χ2v) is 5.26. The molecule has 4 heteroatoms. The number of aromatic nitrogens is 1. The third-order valence-electron chi connectivity index (χ3n) is 3.57. The van der Waals surface area contributed by atoms with Crippen LogP contribution in [0.4, 0.5) is 0 Å². The number of fused-ring (bicyclic) bond motifs is 1.